The van der Waals surface area contributed by atoms with E-state index in [-0.39, 0.29) is 0 Å². The Balaban J connectivity index is 1.35. The molecule has 0 aliphatic carbocycles. The molecule has 0 fully saturated rings. The Morgan fingerprint density at radius 3 is 1.12 bits per heavy atom. The summed E-state index contributed by atoms with van der Waals surface area (Å²) < 4.78 is 0. The van der Waals surface area contributed by atoms with E-state index >= 15 is 0 Å². The molecule has 10 aromatic carbocycles. The zero-order valence-corrected chi connectivity index (χ0v) is 27.5. The van der Waals surface area contributed by atoms with Gasteiger partial charge in [0.1, 0.15) is 0 Å². The topological polar surface area (TPSA) is 0 Å². The van der Waals surface area contributed by atoms with Gasteiger partial charge in [0.15, 0.2) is 0 Å². The fraction of sp³-hybridized carbons (Fsp3) is 0. The molecule has 232 valence electrons. The van der Waals surface area contributed by atoms with Crippen LogP contribution in [-0.2, 0) is 0 Å². The van der Waals surface area contributed by atoms with Crippen molar-refractivity contribution in [2.75, 3.05) is 0 Å². The van der Waals surface area contributed by atoms with Gasteiger partial charge in [-0.25, -0.2) is 0 Å². The van der Waals surface area contributed by atoms with Gasteiger partial charge in [-0.3, -0.25) is 0 Å². The molecule has 0 heterocycles. The second-order valence-corrected chi connectivity index (χ2v) is 13.2. The molecule has 0 nitrogen and oxygen atoms in total. The van der Waals surface area contributed by atoms with Crippen molar-refractivity contribution in [3.63, 3.8) is 0 Å². The third kappa shape index (κ3) is 4.39. The average molecular weight is 633 g/mol. The van der Waals surface area contributed by atoms with Gasteiger partial charge in [-0.15, -0.1) is 0 Å². The molecular formula is C50H32. The van der Waals surface area contributed by atoms with Crippen molar-refractivity contribution in [3.8, 4) is 44.5 Å². The molecule has 0 aliphatic heterocycles. The molecule has 0 N–H and O–H groups in total. The van der Waals surface area contributed by atoms with Crippen LogP contribution in [0.5, 0.6) is 0 Å². The van der Waals surface area contributed by atoms with E-state index in [0.717, 1.165) is 0 Å². The van der Waals surface area contributed by atoms with E-state index in [1.54, 1.807) is 0 Å². The molecule has 0 heteroatoms. The van der Waals surface area contributed by atoms with Crippen molar-refractivity contribution in [1.29, 1.82) is 0 Å². The summed E-state index contributed by atoms with van der Waals surface area (Å²) in [6.45, 7) is 0. The van der Waals surface area contributed by atoms with Gasteiger partial charge in [0, 0.05) is 0 Å². The van der Waals surface area contributed by atoms with Crippen LogP contribution in [0, 0.1) is 0 Å². The number of benzene rings is 10. The number of rotatable bonds is 4. The molecule has 0 bridgehead atoms. The Labute approximate surface area is 291 Å². The van der Waals surface area contributed by atoms with Gasteiger partial charge >= 0.3 is 0 Å². The quantitative estimate of drug-likeness (QED) is 0.169. The minimum Gasteiger partial charge on any atom is -0.0622 e. The van der Waals surface area contributed by atoms with E-state index in [1.807, 2.05) is 0 Å². The van der Waals surface area contributed by atoms with E-state index in [2.05, 4.69) is 194 Å². The maximum absolute atomic E-state index is 2.46. The predicted octanol–water partition coefficient (Wildman–Crippen LogP) is 14.1. The van der Waals surface area contributed by atoms with E-state index in [9.17, 15) is 0 Å². The van der Waals surface area contributed by atoms with Gasteiger partial charge in [0.05, 0.1) is 0 Å². The highest BCUT2D eigenvalue weighted by Crippen LogP contribution is 2.48. The lowest BCUT2D eigenvalue weighted by atomic mass is 9.82. The zero-order chi connectivity index (χ0) is 33.0. The van der Waals surface area contributed by atoms with Crippen LogP contribution in [0.1, 0.15) is 0 Å². The fourth-order valence-corrected chi connectivity index (χ4v) is 8.34. The lowest BCUT2D eigenvalue weighted by Crippen LogP contribution is -1.93. The third-order valence-electron chi connectivity index (χ3n) is 10.4. The van der Waals surface area contributed by atoms with Crippen molar-refractivity contribution in [2.24, 2.45) is 0 Å². The van der Waals surface area contributed by atoms with Gasteiger partial charge in [0.25, 0.3) is 0 Å². The van der Waals surface area contributed by atoms with Gasteiger partial charge in [-0.05, 0) is 104 Å². The second kappa shape index (κ2) is 11.6. The van der Waals surface area contributed by atoms with Crippen LogP contribution in [0.4, 0.5) is 0 Å². The van der Waals surface area contributed by atoms with Crippen LogP contribution in [0.25, 0.3) is 98.4 Å². The number of hydrogen-bond donors (Lipinski definition) is 0. The summed E-state index contributed by atoms with van der Waals surface area (Å²) in [6, 6.07) is 71.3. The first kappa shape index (κ1) is 28.5. The standard InChI is InChI=1S/C50H32/c1-3-17-34(18-4-1)47-39-23-9-10-24-40(39)48(35-19-5-2-6-20-35)46-32-36(30-31-45(46)47)49-41-25-11-13-27-43(41)50(44-28-14-12-26-42(44)49)38-29-15-21-33-16-7-8-22-37(33)38/h1-32H. The summed E-state index contributed by atoms with van der Waals surface area (Å²) in [5, 5.41) is 12.7. The van der Waals surface area contributed by atoms with Crippen molar-refractivity contribution in [2.45, 2.75) is 0 Å². The van der Waals surface area contributed by atoms with Crippen molar-refractivity contribution in [3.05, 3.63) is 194 Å². The highest BCUT2D eigenvalue weighted by molar-refractivity contribution is 6.26. The SMILES string of the molecule is c1ccc(-c2c3ccccc3c(-c3ccccc3)c3cc(-c4c5ccccc5c(-c5cccc6ccccc56)c5ccccc45)ccc23)cc1. The van der Waals surface area contributed by atoms with Crippen LogP contribution in [-0.4, -0.2) is 0 Å². The minimum absolute atomic E-state index is 1.22. The van der Waals surface area contributed by atoms with Crippen molar-refractivity contribution in [1.82, 2.24) is 0 Å². The third-order valence-corrected chi connectivity index (χ3v) is 10.4. The molecule has 0 atom stereocenters. The first-order chi connectivity index (χ1) is 24.8. The smallest absolute Gasteiger partial charge is 0.00201 e. The van der Waals surface area contributed by atoms with Gasteiger partial charge < -0.3 is 0 Å². The maximum atomic E-state index is 2.46. The Bertz CT molecular complexity index is 2840. The van der Waals surface area contributed by atoms with Crippen LogP contribution in [0.3, 0.4) is 0 Å². The lowest BCUT2D eigenvalue weighted by molar-refractivity contribution is 1.64. The maximum Gasteiger partial charge on any atom is -0.00201 e. The highest BCUT2D eigenvalue weighted by atomic mass is 14.2. The van der Waals surface area contributed by atoms with Crippen LogP contribution in [0.15, 0.2) is 194 Å². The van der Waals surface area contributed by atoms with Crippen LogP contribution < -0.4 is 0 Å². The zero-order valence-electron chi connectivity index (χ0n) is 27.5. The average Bonchev–Trinajstić information content (AvgIpc) is 3.19. The van der Waals surface area contributed by atoms with E-state index in [4.69, 9.17) is 0 Å². The molecule has 0 saturated heterocycles. The minimum atomic E-state index is 1.22. The van der Waals surface area contributed by atoms with E-state index in [0.29, 0.717) is 0 Å². The molecule has 0 aliphatic rings. The predicted molar refractivity (Wildman–Crippen MR) is 216 cm³/mol. The Kier molecular flexibility index (Phi) is 6.60. The highest BCUT2D eigenvalue weighted by Gasteiger charge is 2.21. The molecule has 0 radical (unpaired) electrons. The summed E-state index contributed by atoms with van der Waals surface area (Å²) in [7, 11) is 0. The van der Waals surface area contributed by atoms with Crippen LogP contribution in [0.2, 0.25) is 0 Å². The Morgan fingerprint density at radius 2 is 0.580 bits per heavy atom. The van der Waals surface area contributed by atoms with Gasteiger partial charge in [-0.1, -0.05) is 188 Å². The molecule has 10 aromatic rings. The monoisotopic (exact) mass is 632 g/mol. The summed E-state index contributed by atoms with van der Waals surface area (Å²) in [5.41, 5.74) is 10.1. The summed E-state index contributed by atoms with van der Waals surface area (Å²) in [6.07, 6.45) is 0. The lowest BCUT2D eigenvalue weighted by Gasteiger charge is -2.21. The number of fused-ring (bicyclic) bond motifs is 5. The molecule has 0 aromatic heterocycles. The second-order valence-electron chi connectivity index (χ2n) is 13.2. The van der Waals surface area contributed by atoms with Crippen molar-refractivity contribution < 1.29 is 0 Å². The van der Waals surface area contributed by atoms with Gasteiger partial charge in [0.2, 0.25) is 0 Å². The molecular weight excluding hydrogens is 601 g/mol. The summed E-state index contributed by atoms with van der Waals surface area (Å²) in [5.74, 6) is 0. The number of hydrogen-bond acceptors (Lipinski definition) is 0. The Hall–Kier alpha value is -6.50. The largest absolute Gasteiger partial charge is 0.0622 e. The molecule has 0 saturated carbocycles. The molecule has 0 spiro atoms. The van der Waals surface area contributed by atoms with Gasteiger partial charge in [-0.2, -0.15) is 0 Å². The molecule has 10 rings (SSSR count). The summed E-state index contributed by atoms with van der Waals surface area (Å²) in [4.78, 5) is 0. The van der Waals surface area contributed by atoms with Crippen molar-refractivity contribution >= 4 is 53.9 Å². The van der Waals surface area contributed by atoms with E-state index in [1.165, 1.54) is 98.4 Å². The fourth-order valence-electron chi connectivity index (χ4n) is 8.34. The first-order valence-corrected chi connectivity index (χ1v) is 17.4. The molecule has 0 unspecified atom stereocenters. The molecule has 0 amide bonds. The Morgan fingerprint density at radius 1 is 0.200 bits per heavy atom. The van der Waals surface area contributed by atoms with Crippen LogP contribution >= 0.6 is 0 Å². The van der Waals surface area contributed by atoms with E-state index < -0.39 is 0 Å². The molecule has 50 heavy (non-hydrogen) atoms. The normalized spacial score (nSPS) is 11.6. The summed E-state index contributed by atoms with van der Waals surface area (Å²) >= 11 is 0. The first-order valence-electron chi connectivity index (χ1n) is 17.4.